The Labute approximate surface area is 160 Å². The van der Waals surface area contributed by atoms with Crippen LogP contribution in [0.5, 0.6) is 0 Å². The first-order chi connectivity index (χ1) is 13.0. The predicted octanol–water partition coefficient (Wildman–Crippen LogP) is 5.10. The average molecular weight is 362 g/mol. The highest BCUT2D eigenvalue weighted by atomic mass is 16.2. The molecule has 2 amide bonds. The molecule has 2 aromatic carbocycles. The van der Waals surface area contributed by atoms with E-state index in [4.69, 9.17) is 0 Å². The first-order valence-corrected chi connectivity index (χ1v) is 9.46. The van der Waals surface area contributed by atoms with E-state index in [-0.39, 0.29) is 24.3 Å². The molecule has 1 aliphatic heterocycles. The molecule has 27 heavy (non-hydrogen) atoms. The second-order valence-corrected chi connectivity index (χ2v) is 7.04. The highest BCUT2D eigenvalue weighted by Crippen LogP contribution is 2.33. The Morgan fingerprint density at radius 2 is 1.81 bits per heavy atom. The Bertz CT molecular complexity index is 872. The number of nitrogens with one attached hydrogen (secondary N) is 1. The van der Waals surface area contributed by atoms with Gasteiger partial charge in [0.05, 0.1) is 12.5 Å². The first kappa shape index (κ1) is 18.9. The molecule has 2 atom stereocenters. The standard InChI is InChI=1S/C23H26N2O2/c1-4-16(2)19-10-7-8-12-21(19)24-23(27)15-22-20-11-6-5-9-18(20)13-14-25(22)17(3)26/h5-14,16,22H,4,15H2,1-3H3,(H,24,27)/t16-,22+/m0/s1. The summed E-state index contributed by atoms with van der Waals surface area (Å²) in [5.41, 5.74) is 4.04. The van der Waals surface area contributed by atoms with Crippen molar-refractivity contribution in [2.75, 3.05) is 5.32 Å². The molecule has 1 N–H and O–H groups in total. The Morgan fingerprint density at radius 3 is 2.56 bits per heavy atom. The van der Waals surface area contributed by atoms with Crippen molar-refractivity contribution in [2.24, 2.45) is 0 Å². The summed E-state index contributed by atoms with van der Waals surface area (Å²) >= 11 is 0. The van der Waals surface area contributed by atoms with Gasteiger partial charge in [-0.3, -0.25) is 9.59 Å². The van der Waals surface area contributed by atoms with Gasteiger partial charge < -0.3 is 10.2 Å². The number of anilines is 1. The molecule has 0 unspecified atom stereocenters. The van der Waals surface area contributed by atoms with E-state index in [1.165, 1.54) is 6.92 Å². The van der Waals surface area contributed by atoms with E-state index in [2.05, 4.69) is 25.2 Å². The summed E-state index contributed by atoms with van der Waals surface area (Å²) < 4.78 is 0. The van der Waals surface area contributed by atoms with E-state index in [1.807, 2.05) is 48.5 Å². The molecule has 1 heterocycles. The summed E-state index contributed by atoms with van der Waals surface area (Å²) in [4.78, 5) is 26.6. The molecule has 140 valence electrons. The molecule has 0 aliphatic carbocycles. The van der Waals surface area contributed by atoms with E-state index < -0.39 is 0 Å². The molecule has 4 heteroatoms. The van der Waals surface area contributed by atoms with Crippen LogP contribution in [0.4, 0.5) is 5.69 Å². The van der Waals surface area contributed by atoms with Gasteiger partial charge in [0, 0.05) is 18.8 Å². The maximum atomic E-state index is 12.8. The Hall–Kier alpha value is -2.88. The minimum atomic E-state index is -0.292. The Balaban J connectivity index is 1.83. The molecule has 4 nitrogen and oxygen atoms in total. The summed E-state index contributed by atoms with van der Waals surface area (Å²) in [6.45, 7) is 5.82. The molecule has 0 bridgehead atoms. The van der Waals surface area contributed by atoms with Gasteiger partial charge >= 0.3 is 0 Å². The molecule has 1 aliphatic rings. The summed E-state index contributed by atoms with van der Waals surface area (Å²) in [5, 5.41) is 3.06. The van der Waals surface area contributed by atoms with E-state index in [0.29, 0.717) is 5.92 Å². The van der Waals surface area contributed by atoms with Gasteiger partial charge in [-0.2, -0.15) is 0 Å². The van der Waals surface area contributed by atoms with Crippen molar-refractivity contribution in [1.29, 1.82) is 0 Å². The van der Waals surface area contributed by atoms with Crippen LogP contribution < -0.4 is 5.32 Å². The Morgan fingerprint density at radius 1 is 1.11 bits per heavy atom. The summed E-state index contributed by atoms with van der Waals surface area (Å²) in [5.74, 6) is 0.208. The fourth-order valence-corrected chi connectivity index (χ4v) is 3.55. The quantitative estimate of drug-likeness (QED) is 0.804. The third-order valence-electron chi connectivity index (χ3n) is 5.23. The fraction of sp³-hybridized carbons (Fsp3) is 0.304. The largest absolute Gasteiger partial charge is 0.326 e. The molecule has 3 rings (SSSR count). The topological polar surface area (TPSA) is 49.4 Å². The van der Waals surface area contributed by atoms with Crippen LogP contribution in [-0.2, 0) is 9.59 Å². The second kappa shape index (κ2) is 8.21. The Kier molecular flexibility index (Phi) is 5.75. The third-order valence-corrected chi connectivity index (χ3v) is 5.23. The second-order valence-electron chi connectivity index (χ2n) is 7.04. The molecule has 2 aromatic rings. The normalized spacial score (nSPS) is 16.6. The summed E-state index contributed by atoms with van der Waals surface area (Å²) in [6, 6.07) is 15.5. The number of benzene rings is 2. The zero-order valence-electron chi connectivity index (χ0n) is 16.1. The molecule has 0 fully saturated rings. The van der Waals surface area contributed by atoms with Gasteiger partial charge in [0.15, 0.2) is 0 Å². The van der Waals surface area contributed by atoms with Crippen molar-refractivity contribution in [2.45, 2.75) is 45.6 Å². The van der Waals surface area contributed by atoms with Gasteiger partial charge in [-0.1, -0.05) is 56.3 Å². The molecule has 0 spiro atoms. The number of carbonyl (C=O) groups excluding carboxylic acids is 2. The SMILES string of the molecule is CC[C@H](C)c1ccccc1NC(=O)C[C@@H]1c2ccccc2C=CN1C(C)=O. The summed E-state index contributed by atoms with van der Waals surface area (Å²) in [7, 11) is 0. The van der Waals surface area contributed by atoms with Gasteiger partial charge in [-0.05, 0) is 41.2 Å². The first-order valence-electron chi connectivity index (χ1n) is 9.46. The monoisotopic (exact) mass is 362 g/mol. The van der Waals surface area contributed by atoms with Crippen molar-refractivity contribution in [3.05, 3.63) is 71.4 Å². The van der Waals surface area contributed by atoms with Gasteiger partial charge in [0.25, 0.3) is 0 Å². The number of amides is 2. The van der Waals surface area contributed by atoms with Crippen LogP contribution in [0.1, 0.15) is 62.3 Å². The van der Waals surface area contributed by atoms with E-state index in [1.54, 1.807) is 11.1 Å². The minimum absolute atomic E-state index is 0.0708. The van der Waals surface area contributed by atoms with Crippen LogP contribution in [0.25, 0.3) is 6.08 Å². The van der Waals surface area contributed by atoms with Crippen LogP contribution in [0.3, 0.4) is 0 Å². The fourth-order valence-electron chi connectivity index (χ4n) is 3.55. The van der Waals surface area contributed by atoms with E-state index >= 15 is 0 Å². The highest BCUT2D eigenvalue weighted by Gasteiger charge is 2.28. The van der Waals surface area contributed by atoms with Crippen molar-refractivity contribution in [1.82, 2.24) is 4.90 Å². The maximum Gasteiger partial charge on any atom is 0.226 e. The maximum absolute atomic E-state index is 12.8. The zero-order chi connectivity index (χ0) is 19.4. The number of carbonyl (C=O) groups is 2. The smallest absolute Gasteiger partial charge is 0.226 e. The molecule has 0 radical (unpaired) electrons. The number of nitrogens with zero attached hydrogens (tertiary/aromatic N) is 1. The average Bonchev–Trinajstić information content (AvgIpc) is 2.67. The van der Waals surface area contributed by atoms with E-state index in [9.17, 15) is 9.59 Å². The number of rotatable bonds is 5. The van der Waals surface area contributed by atoms with Gasteiger partial charge in [0.1, 0.15) is 0 Å². The van der Waals surface area contributed by atoms with Crippen LogP contribution in [0, 0.1) is 0 Å². The third kappa shape index (κ3) is 4.11. The van der Waals surface area contributed by atoms with Gasteiger partial charge in [-0.25, -0.2) is 0 Å². The molecular formula is C23H26N2O2. The number of hydrogen-bond acceptors (Lipinski definition) is 2. The van der Waals surface area contributed by atoms with Gasteiger partial charge in [0.2, 0.25) is 11.8 Å². The lowest BCUT2D eigenvalue weighted by molar-refractivity contribution is -0.129. The van der Waals surface area contributed by atoms with Crippen molar-refractivity contribution < 1.29 is 9.59 Å². The van der Waals surface area contributed by atoms with Crippen molar-refractivity contribution in [3.63, 3.8) is 0 Å². The van der Waals surface area contributed by atoms with Crippen LogP contribution >= 0.6 is 0 Å². The lowest BCUT2D eigenvalue weighted by Gasteiger charge is -2.32. The van der Waals surface area contributed by atoms with Crippen molar-refractivity contribution in [3.8, 4) is 0 Å². The molecule has 0 saturated heterocycles. The highest BCUT2D eigenvalue weighted by molar-refractivity contribution is 5.93. The minimum Gasteiger partial charge on any atom is -0.326 e. The molecular weight excluding hydrogens is 336 g/mol. The van der Waals surface area contributed by atoms with Crippen LogP contribution in [0.15, 0.2) is 54.7 Å². The molecule has 0 aromatic heterocycles. The number of para-hydroxylation sites is 1. The lowest BCUT2D eigenvalue weighted by Crippen LogP contribution is -2.33. The molecule has 0 saturated carbocycles. The van der Waals surface area contributed by atoms with Crippen molar-refractivity contribution >= 4 is 23.6 Å². The van der Waals surface area contributed by atoms with Gasteiger partial charge in [-0.15, -0.1) is 0 Å². The van der Waals surface area contributed by atoms with Crippen LogP contribution in [-0.4, -0.2) is 16.7 Å². The lowest BCUT2D eigenvalue weighted by atomic mass is 9.93. The predicted molar refractivity (Wildman–Crippen MR) is 109 cm³/mol. The zero-order valence-corrected chi connectivity index (χ0v) is 16.1. The van der Waals surface area contributed by atoms with E-state index in [0.717, 1.165) is 28.8 Å². The number of fused-ring (bicyclic) bond motifs is 1. The summed E-state index contributed by atoms with van der Waals surface area (Å²) in [6.07, 6.45) is 4.92. The van der Waals surface area contributed by atoms with Crippen LogP contribution in [0.2, 0.25) is 0 Å². The number of hydrogen-bond donors (Lipinski definition) is 1.